The first-order valence-corrected chi connectivity index (χ1v) is 10.3. The smallest absolute Gasteiger partial charge is 0.267 e. The summed E-state index contributed by atoms with van der Waals surface area (Å²) in [5.74, 6) is 0.140. The number of amides is 1. The van der Waals surface area contributed by atoms with E-state index in [1.54, 1.807) is 39.1 Å². The molecule has 1 amide bonds. The summed E-state index contributed by atoms with van der Waals surface area (Å²) in [7, 11) is 1.65. The molecule has 0 bridgehead atoms. The Bertz CT molecular complexity index is 1200. The standard InChI is InChI=1S/C21H21N3O4S/c1-5-14-9-15-19(29-14)22-10-24(21(15)27)11(2)18(25)13-6-7-17-16(8-13)23(4)20(26)12(3)28-17/h6-12H,5H2,1-4H3. The summed E-state index contributed by atoms with van der Waals surface area (Å²) in [6, 6.07) is 6.10. The maximum atomic E-state index is 13.1. The second kappa shape index (κ2) is 7.11. The van der Waals surface area contributed by atoms with E-state index in [1.807, 2.05) is 13.0 Å². The Kier molecular flexibility index (Phi) is 4.74. The monoisotopic (exact) mass is 411 g/mol. The number of Topliss-reactive ketones (excluding diaryl/α,β-unsaturated/α-hetero) is 1. The molecule has 8 heteroatoms. The number of aromatic nitrogens is 2. The second-order valence-electron chi connectivity index (χ2n) is 7.12. The highest BCUT2D eigenvalue weighted by Crippen LogP contribution is 2.34. The molecule has 0 radical (unpaired) electrons. The number of nitrogens with zero attached hydrogens (tertiary/aromatic N) is 3. The van der Waals surface area contributed by atoms with E-state index >= 15 is 0 Å². The Morgan fingerprint density at radius 3 is 2.79 bits per heavy atom. The van der Waals surface area contributed by atoms with Crippen molar-refractivity contribution < 1.29 is 14.3 Å². The van der Waals surface area contributed by atoms with Crippen molar-refractivity contribution in [2.75, 3.05) is 11.9 Å². The number of likely N-dealkylation sites (N-methyl/N-ethyl adjacent to an activating group) is 1. The first-order chi connectivity index (χ1) is 13.8. The molecule has 150 valence electrons. The van der Waals surface area contributed by atoms with E-state index in [1.165, 1.54) is 27.1 Å². The van der Waals surface area contributed by atoms with Crippen LogP contribution in [-0.4, -0.2) is 34.4 Å². The largest absolute Gasteiger partial charge is 0.479 e. The average molecular weight is 411 g/mol. The number of benzene rings is 1. The third-order valence-electron chi connectivity index (χ3n) is 5.26. The zero-order chi connectivity index (χ0) is 20.9. The topological polar surface area (TPSA) is 81.5 Å². The minimum absolute atomic E-state index is 0.176. The van der Waals surface area contributed by atoms with Crippen molar-refractivity contribution in [2.45, 2.75) is 39.3 Å². The summed E-state index contributed by atoms with van der Waals surface area (Å²) in [5.41, 5.74) is 0.715. The third-order valence-corrected chi connectivity index (χ3v) is 6.45. The van der Waals surface area contributed by atoms with Crippen molar-refractivity contribution in [3.8, 4) is 5.75 Å². The Morgan fingerprint density at radius 2 is 2.07 bits per heavy atom. The summed E-state index contributed by atoms with van der Waals surface area (Å²) >= 11 is 1.49. The summed E-state index contributed by atoms with van der Waals surface area (Å²) in [6.07, 6.45) is 1.70. The number of carbonyl (C=O) groups is 2. The van der Waals surface area contributed by atoms with Crippen molar-refractivity contribution in [3.63, 3.8) is 0 Å². The van der Waals surface area contributed by atoms with Gasteiger partial charge < -0.3 is 9.64 Å². The quantitative estimate of drug-likeness (QED) is 0.616. The van der Waals surface area contributed by atoms with Gasteiger partial charge in [-0.3, -0.25) is 19.0 Å². The van der Waals surface area contributed by atoms with Crippen LogP contribution in [0, 0.1) is 0 Å². The van der Waals surface area contributed by atoms with Gasteiger partial charge in [0.1, 0.15) is 10.6 Å². The van der Waals surface area contributed by atoms with Gasteiger partial charge in [-0.2, -0.15) is 0 Å². The number of ether oxygens (including phenoxy) is 1. The van der Waals surface area contributed by atoms with Gasteiger partial charge in [0, 0.05) is 17.5 Å². The van der Waals surface area contributed by atoms with Crippen LogP contribution in [0.2, 0.25) is 0 Å². The van der Waals surface area contributed by atoms with Crippen LogP contribution in [0.25, 0.3) is 10.2 Å². The average Bonchev–Trinajstić information content (AvgIpc) is 3.16. The Hall–Kier alpha value is -3.00. The number of anilines is 1. The molecule has 0 fully saturated rings. The molecule has 4 rings (SSSR count). The van der Waals surface area contributed by atoms with E-state index in [2.05, 4.69) is 4.98 Å². The molecular weight excluding hydrogens is 390 g/mol. The summed E-state index contributed by atoms with van der Waals surface area (Å²) in [4.78, 5) is 45.8. The first kappa shape index (κ1) is 19.3. The van der Waals surface area contributed by atoms with Crippen LogP contribution in [0.4, 0.5) is 5.69 Å². The molecule has 0 spiro atoms. The fraction of sp³-hybridized carbons (Fsp3) is 0.333. The van der Waals surface area contributed by atoms with Crippen LogP contribution in [0.1, 0.15) is 42.0 Å². The molecule has 29 heavy (non-hydrogen) atoms. The zero-order valence-corrected chi connectivity index (χ0v) is 17.4. The molecule has 0 aliphatic carbocycles. The van der Waals surface area contributed by atoms with Gasteiger partial charge in [0.15, 0.2) is 11.9 Å². The molecule has 0 saturated heterocycles. The van der Waals surface area contributed by atoms with Gasteiger partial charge in [0.25, 0.3) is 11.5 Å². The minimum atomic E-state index is -0.730. The SMILES string of the molecule is CCc1cc2c(=O)n(C(C)C(=O)c3ccc4c(c3)N(C)C(=O)C(C)O4)cnc2s1. The molecule has 3 heterocycles. The van der Waals surface area contributed by atoms with Gasteiger partial charge in [-0.25, -0.2) is 4.98 Å². The Labute approximate surface area is 171 Å². The highest BCUT2D eigenvalue weighted by Gasteiger charge is 2.30. The lowest BCUT2D eigenvalue weighted by molar-refractivity contribution is -0.125. The Balaban J connectivity index is 1.70. The van der Waals surface area contributed by atoms with Gasteiger partial charge in [-0.1, -0.05) is 6.92 Å². The molecule has 1 aliphatic heterocycles. The van der Waals surface area contributed by atoms with Gasteiger partial charge >= 0.3 is 0 Å². The fourth-order valence-corrected chi connectivity index (χ4v) is 4.39. The van der Waals surface area contributed by atoms with Crippen LogP contribution in [-0.2, 0) is 11.2 Å². The first-order valence-electron chi connectivity index (χ1n) is 9.43. The van der Waals surface area contributed by atoms with Crippen LogP contribution in [0.15, 0.2) is 35.4 Å². The molecule has 7 nitrogen and oxygen atoms in total. The van der Waals surface area contributed by atoms with Crippen molar-refractivity contribution in [1.29, 1.82) is 0 Å². The third kappa shape index (κ3) is 3.13. The van der Waals surface area contributed by atoms with E-state index in [0.717, 1.165) is 11.3 Å². The summed E-state index contributed by atoms with van der Waals surface area (Å²) < 4.78 is 6.97. The molecule has 0 saturated carbocycles. The molecule has 2 aromatic heterocycles. The number of aryl methyl sites for hydroxylation is 1. The van der Waals surface area contributed by atoms with Crippen molar-refractivity contribution in [2.24, 2.45) is 0 Å². The lowest BCUT2D eigenvalue weighted by Gasteiger charge is -2.30. The molecule has 1 aromatic carbocycles. The molecule has 2 unspecified atom stereocenters. The van der Waals surface area contributed by atoms with Gasteiger partial charge in [-0.15, -0.1) is 11.3 Å². The fourth-order valence-electron chi connectivity index (χ4n) is 3.47. The number of carbonyl (C=O) groups excluding carboxylic acids is 2. The lowest BCUT2D eigenvalue weighted by Crippen LogP contribution is -2.42. The summed E-state index contributed by atoms with van der Waals surface area (Å²) in [5, 5.41) is 0.534. The van der Waals surface area contributed by atoms with E-state index < -0.39 is 12.1 Å². The van der Waals surface area contributed by atoms with Crippen molar-refractivity contribution in [1.82, 2.24) is 9.55 Å². The van der Waals surface area contributed by atoms with Gasteiger partial charge in [0.05, 0.1) is 23.4 Å². The zero-order valence-electron chi connectivity index (χ0n) is 16.6. The van der Waals surface area contributed by atoms with E-state index in [0.29, 0.717) is 27.2 Å². The van der Waals surface area contributed by atoms with Crippen LogP contribution in [0.3, 0.4) is 0 Å². The van der Waals surface area contributed by atoms with E-state index in [-0.39, 0.29) is 17.2 Å². The number of hydrogen-bond donors (Lipinski definition) is 0. The van der Waals surface area contributed by atoms with Crippen LogP contribution >= 0.6 is 11.3 Å². The lowest BCUT2D eigenvalue weighted by atomic mass is 10.0. The number of hydrogen-bond acceptors (Lipinski definition) is 6. The molecule has 2 atom stereocenters. The molecule has 1 aliphatic rings. The predicted molar refractivity (Wildman–Crippen MR) is 112 cm³/mol. The highest BCUT2D eigenvalue weighted by atomic mass is 32.1. The van der Waals surface area contributed by atoms with Gasteiger partial charge in [-0.05, 0) is 44.5 Å². The number of ketones is 1. The highest BCUT2D eigenvalue weighted by molar-refractivity contribution is 7.18. The van der Waals surface area contributed by atoms with Crippen molar-refractivity contribution in [3.05, 3.63) is 51.4 Å². The number of thiophene rings is 1. The van der Waals surface area contributed by atoms with Gasteiger partial charge in [0.2, 0.25) is 0 Å². The molecular formula is C21H21N3O4S. The molecule has 3 aromatic rings. The van der Waals surface area contributed by atoms with Crippen molar-refractivity contribution >= 4 is 38.9 Å². The van der Waals surface area contributed by atoms with E-state index in [4.69, 9.17) is 4.74 Å². The molecule has 0 N–H and O–H groups in total. The van der Waals surface area contributed by atoms with Crippen LogP contribution in [0.5, 0.6) is 5.75 Å². The minimum Gasteiger partial charge on any atom is -0.479 e. The van der Waals surface area contributed by atoms with E-state index in [9.17, 15) is 14.4 Å². The Morgan fingerprint density at radius 1 is 1.31 bits per heavy atom. The number of rotatable bonds is 4. The normalized spacial score (nSPS) is 17.2. The maximum Gasteiger partial charge on any atom is 0.267 e. The number of fused-ring (bicyclic) bond motifs is 2. The maximum absolute atomic E-state index is 13.1. The predicted octanol–water partition coefficient (Wildman–Crippen LogP) is 3.21. The second-order valence-corrected chi connectivity index (χ2v) is 8.24. The van der Waals surface area contributed by atoms with Crippen LogP contribution < -0.4 is 15.2 Å². The summed E-state index contributed by atoms with van der Waals surface area (Å²) in [6.45, 7) is 5.39.